The zero-order chi connectivity index (χ0) is 16.9. The number of pyridine rings is 1. The van der Waals surface area contributed by atoms with Crippen molar-refractivity contribution in [3.63, 3.8) is 0 Å². The Hall–Kier alpha value is -2.73. The molecule has 0 radical (unpaired) electrons. The highest BCUT2D eigenvalue weighted by Crippen LogP contribution is 2.22. The van der Waals surface area contributed by atoms with Gasteiger partial charge < -0.3 is 10.6 Å². The Morgan fingerprint density at radius 2 is 1.75 bits per heavy atom. The van der Waals surface area contributed by atoms with Crippen LogP contribution in [0.3, 0.4) is 0 Å². The van der Waals surface area contributed by atoms with Crippen LogP contribution in [0.15, 0.2) is 71.3 Å². The second-order valence-corrected chi connectivity index (χ2v) is 5.88. The normalized spacial score (nSPS) is 10.2. The van der Waals surface area contributed by atoms with Crippen LogP contribution in [0.5, 0.6) is 0 Å². The summed E-state index contributed by atoms with van der Waals surface area (Å²) in [5.74, 6) is -0.529. The van der Waals surface area contributed by atoms with Crippen LogP contribution in [0.1, 0.15) is 10.4 Å². The van der Waals surface area contributed by atoms with Crippen molar-refractivity contribution < 1.29 is 9.18 Å². The van der Waals surface area contributed by atoms with E-state index in [2.05, 4.69) is 31.5 Å². The van der Waals surface area contributed by atoms with Crippen molar-refractivity contribution in [1.82, 2.24) is 4.98 Å². The third-order valence-electron chi connectivity index (χ3n) is 3.28. The van der Waals surface area contributed by atoms with Crippen molar-refractivity contribution in [2.75, 3.05) is 10.6 Å². The predicted octanol–water partition coefficient (Wildman–Crippen LogP) is 4.98. The number of hydrogen-bond donors (Lipinski definition) is 2. The van der Waals surface area contributed by atoms with Crippen LogP contribution in [0.4, 0.5) is 21.6 Å². The largest absolute Gasteiger partial charge is 0.340 e. The van der Waals surface area contributed by atoms with E-state index in [0.29, 0.717) is 11.4 Å². The van der Waals surface area contributed by atoms with Crippen molar-refractivity contribution in [1.29, 1.82) is 0 Å². The molecule has 1 amide bonds. The highest BCUT2D eigenvalue weighted by atomic mass is 79.9. The van der Waals surface area contributed by atoms with E-state index in [0.717, 1.165) is 10.2 Å². The molecule has 3 aromatic rings. The number of nitrogens with zero attached hydrogens (tertiary/aromatic N) is 1. The number of hydrogen-bond acceptors (Lipinski definition) is 3. The zero-order valence-corrected chi connectivity index (χ0v) is 14.0. The highest BCUT2D eigenvalue weighted by Gasteiger charge is 2.14. The number of nitrogens with one attached hydrogen (secondary N) is 2. The van der Waals surface area contributed by atoms with Gasteiger partial charge in [0.1, 0.15) is 11.6 Å². The maximum absolute atomic E-state index is 13.7. The van der Waals surface area contributed by atoms with Gasteiger partial charge in [0.15, 0.2) is 0 Å². The van der Waals surface area contributed by atoms with Crippen molar-refractivity contribution in [3.05, 3.63) is 82.7 Å². The topological polar surface area (TPSA) is 54.0 Å². The van der Waals surface area contributed by atoms with E-state index in [1.165, 1.54) is 12.1 Å². The van der Waals surface area contributed by atoms with Crippen molar-refractivity contribution in [3.8, 4) is 0 Å². The molecule has 120 valence electrons. The molecule has 0 spiro atoms. The maximum Gasteiger partial charge on any atom is 0.259 e. The predicted molar refractivity (Wildman–Crippen MR) is 96.0 cm³/mol. The summed E-state index contributed by atoms with van der Waals surface area (Å²) in [6.07, 6.45) is 1.58. The lowest BCUT2D eigenvalue weighted by Gasteiger charge is -2.11. The molecule has 4 nitrogen and oxygen atoms in total. The first-order valence-corrected chi connectivity index (χ1v) is 7.96. The maximum atomic E-state index is 13.7. The van der Waals surface area contributed by atoms with Gasteiger partial charge >= 0.3 is 0 Å². The van der Waals surface area contributed by atoms with Crippen LogP contribution >= 0.6 is 15.9 Å². The zero-order valence-electron chi connectivity index (χ0n) is 12.5. The molecule has 0 atom stereocenters. The van der Waals surface area contributed by atoms with Gasteiger partial charge in [-0.1, -0.05) is 28.1 Å². The Balaban J connectivity index is 1.84. The van der Waals surface area contributed by atoms with Crippen molar-refractivity contribution in [2.45, 2.75) is 0 Å². The van der Waals surface area contributed by atoms with Crippen LogP contribution in [0.2, 0.25) is 0 Å². The van der Waals surface area contributed by atoms with E-state index >= 15 is 0 Å². The van der Waals surface area contributed by atoms with Gasteiger partial charge in [0, 0.05) is 16.4 Å². The molecule has 0 aliphatic rings. The standard InChI is InChI=1S/C18H13BrFN3O/c19-12-7-9-13(10-8-12)22-17-14(4-3-11-21-17)18(24)23-16-6-2-1-5-15(16)20/h1-11H,(H,21,22)(H,23,24). The van der Waals surface area contributed by atoms with Crippen LogP contribution in [0.25, 0.3) is 0 Å². The van der Waals surface area contributed by atoms with E-state index in [4.69, 9.17) is 0 Å². The van der Waals surface area contributed by atoms with Crippen LogP contribution in [0, 0.1) is 5.82 Å². The molecule has 2 aromatic carbocycles. The number of para-hydroxylation sites is 1. The number of benzene rings is 2. The number of carbonyl (C=O) groups excluding carboxylic acids is 1. The average molecular weight is 386 g/mol. The summed E-state index contributed by atoms with van der Waals surface area (Å²) < 4.78 is 14.7. The fraction of sp³-hybridized carbons (Fsp3) is 0. The van der Waals surface area contributed by atoms with Crippen LogP contribution < -0.4 is 10.6 Å². The molecule has 0 aliphatic carbocycles. The molecule has 24 heavy (non-hydrogen) atoms. The Labute approximate surface area is 146 Å². The van der Waals surface area contributed by atoms with E-state index in [1.807, 2.05) is 24.3 Å². The smallest absolute Gasteiger partial charge is 0.259 e. The number of halogens is 2. The number of carbonyl (C=O) groups is 1. The fourth-order valence-electron chi connectivity index (χ4n) is 2.11. The Bertz CT molecular complexity index is 868. The number of rotatable bonds is 4. The third-order valence-corrected chi connectivity index (χ3v) is 3.81. The lowest BCUT2D eigenvalue weighted by molar-refractivity contribution is 0.102. The molecular formula is C18H13BrFN3O. The first-order chi connectivity index (χ1) is 11.6. The van der Waals surface area contributed by atoms with Gasteiger partial charge in [-0.15, -0.1) is 0 Å². The molecule has 0 saturated carbocycles. The van der Waals surface area contributed by atoms with Crippen LogP contribution in [-0.2, 0) is 0 Å². The molecule has 0 saturated heterocycles. The fourth-order valence-corrected chi connectivity index (χ4v) is 2.37. The molecular weight excluding hydrogens is 373 g/mol. The molecule has 0 bridgehead atoms. The van der Waals surface area contributed by atoms with Gasteiger partial charge in [-0.3, -0.25) is 4.79 Å². The van der Waals surface area contributed by atoms with Crippen molar-refractivity contribution >= 4 is 39.0 Å². The van der Waals surface area contributed by atoms with Crippen molar-refractivity contribution in [2.24, 2.45) is 0 Å². The van der Waals surface area contributed by atoms with Gasteiger partial charge in [-0.2, -0.15) is 0 Å². The molecule has 0 unspecified atom stereocenters. The van der Waals surface area contributed by atoms with Gasteiger partial charge in [-0.25, -0.2) is 9.37 Å². The van der Waals surface area contributed by atoms with E-state index in [9.17, 15) is 9.18 Å². The summed E-state index contributed by atoms with van der Waals surface area (Å²) in [5, 5.41) is 5.65. The number of amides is 1. The molecule has 3 rings (SSSR count). The number of anilines is 3. The Morgan fingerprint density at radius 1 is 1.00 bits per heavy atom. The molecule has 0 fully saturated rings. The second-order valence-electron chi connectivity index (χ2n) is 4.97. The minimum absolute atomic E-state index is 0.126. The summed E-state index contributed by atoms with van der Waals surface area (Å²) in [6, 6.07) is 16.8. The average Bonchev–Trinajstić information content (AvgIpc) is 2.59. The first kappa shape index (κ1) is 16.1. The molecule has 6 heteroatoms. The van der Waals surface area contributed by atoms with Gasteiger partial charge in [0.2, 0.25) is 0 Å². The van der Waals surface area contributed by atoms with E-state index in [1.54, 1.807) is 30.5 Å². The van der Waals surface area contributed by atoms with Gasteiger partial charge in [0.25, 0.3) is 5.91 Å². The molecule has 1 heterocycles. The molecule has 2 N–H and O–H groups in total. The van der Waals surface area contributed by atoms with Gasteiger partial charge in [-0.05, 0) is 48.5 Å². The Kier molecular flexibility index (Phi) is 4.86. The molecule has 0 aliphatic heterocycles. The summed E-state index contributed by atoms with van der Waals surface area (Å²) >= 11 is 3.37. The summed E-state index contributed by atoms with van der Waals surface area (Å²) in [7, 11) is 0. The minimum atomic E-state index is -0.489. The second kappa shape index (κ2) is 7.23. The van der Waals surface area contributed by atoms with E-state index < -0.39 is 11.7 Å². The van der Waals surface area contributed by atoms with Crippen LogP contribution in [-0.4, -0.2) is 10.9 Å². The summed E-state index contributed by atoms with van der Waals surface area (Å²) in [6.45, 7) is 0. The lowest BCUT2D eigenvalue weighted by atomic mass is 10.2. The first-order valence-electron chi connectivity index (χ1n) is 7.17. The third kappa shape index (κ3) is 3.78. The molecule has 1 aromatic heterocycles. The van der Waals surface area contributed by atoms with Gasteiger partial charge in [0.05, 0.1) is 11.3 Å². The monoisotopic (exact) mass is 385 g/mol. The van der Waals surface area contributed by atoms with E-state index in [-0.39, 0.29) is 5.69 Å². The quantitative estimate of drug-likeness (QED) is 0.665. The Morgan fingerprint density at radius 3 is 2.50 bits per heavy atom. The summed E-state index contributed by atoms with van der Waals surface area (Å²) in [5.41, 5.74) is 1.24. The highest BCUT2D eigenvalue weighted by molar-refractivity contribution is 9.10. The SMILES string of the molecule is O=C(Nc1ccccc1F)c1cccnc1Nc1ccc(Br)cc1. The summed E-state index contributed by atoms with van der Waals surface area (Å²) in [4.78, 5) is 16.7. The minimum Gasteiger partial charge on any atom is -0.340 e. The lowest BCUT2D eigenvalue weighted by Crippen LogP contribution is -2.15. The number of aromatic nitrogens is 1.